The van der Waals surface area contributed by atoms with E-state index in [1.807, 2.05) is 76.2 Å². The number of hydrogen-bond acceptors (Lipinski definition) is 5. The molecule has 0 aliphatic carbocycles. The molecule has 1 aromatic heterocycles. The van der Waals surface area contributed by atoms with E-state index < -0.39 is 15.6 Å². The summed E-state index contributed by atoms with van der Waals surface area (Å²) in [7, 11) is -1.78. The summed E-state index contributed by atoms with van der Waals surface area (Å²) in [6.07, 6.45) is 3.47. The maximum Gasteiger partial charge on any atom is 0.339 e. The minimum atomic E-state index is -3.39. The molecule has 0 aliphatic heterocycles. The van der Waals surface area contributed by atoms with Gasteiger partial charge in [-0.1, -0.05) is 62.7 Å². The number of aryl methyl sites for hydroxylation is 1. The average Bonchev–Trinajstić information content (AvgIpc) is 3.27. The molecule has 8 heteroatoms. The van der Waals surface area contributed by atoms with Crippen molar-refractivity contribution in [1.82, 2.24) is 9.55 Å². The van der Waals surface area contributed by atoms with Crippen LogP contribution in [0.3, 0.4) is 0 Å². The van der Waals surface area contributed by atoms with Crippen LogP contribution in [0.25, 0.3) is 22.2 Å². The van der Waals surface area contributed by atoms with Gasteiger partial charge in [-0.15, -0.1) is 0 Å². The van der Waals surface area contributed by atoms with Crippen LogP contribution in [0.1, 0.15) is 75.6 Å². The molecule has 1 heterocycles. The van der Waals surface area contributed by atoms with Crippen LogP contribution in [-0.2, 0) is 27.7 Å². The van der Waals surface area contributed by atoms with Gasteiger partial charge in [-0.25, -0.2) is 18.2 Å². The average molecular weight is 576 g/mol. The SMILES string of the molecule is CCCCc1nc2ccc(N(C)S(=O)(=O)CCC)cc2n1Cc1ccc(-c2ccccc2C(=O)OC(C)(C)C)cc1. The highest BCUT2D eigenvalue weighted by atomic mass is 32.2. The number of esters is 1. The van der Waals surface area contributed by atoms with Crippen LogP contribution in [0.5, 0.6) is 0 Å². The van der Waals surface area contributed by atoms with E-state index in [0.717, 1.165) is 52.8 Å². The van der Waals surface area contributed by atoms with Gasteiger partial charge in [-0.3, -0.25) is 4.31 Å². The number of unbranched alkanes of at least 4 members (excludes halogenated alkanes) is 1. The molecule has 4 aromatic rings. The number of carbonyl (C=O) groups excluding carboxylic acids is 1. The van der Waals surface area contributed by atoms with Crippen LogP contribution < -0.4 is 4.31 Å². The number of aromatic nitrogens is 2. The Labute approximate surface area is 244 Å². The van der Waals surface area contributed by atoms with Crippen molar-refractivity contribution in [3.8, 4) is 11.1 Å². The third-order valence-electron chi connectivity index (χ3n) is 6.96. The molecule has 41 heavy (non-hydrogen) atoms. The van der Waals surface area contributed by atoms with Gasteiger partial charge >= 0.3 is 5.97 Å². The number of benzene rings is 3. The second-order valence-electron chi connectivity index (χ2n) is 11.4. The maximum absolute atomic E-state index is 12.9. The molecule has 7 nitrogen and oxygen atoms in total. The highest BCUT2D eigenvalue weighted by Crippen LogP contribution is 2.29. The van der Waals surface area contributed by atoms with E-state index in [2.05, 4.69) is 23.6 Å². The summed E-state index contributed by atoms with van der Waals surface area (Å²) in [4.78, 5) is 17.8. The van der Waals surface area contributed by atoms with Crippen LogP contribution in [0.15, 0.2) is 66.7 Å². The van der Waals surface area contributed by atoms with Gasteiger partial charge in [0.1, 0.15) is 11.4 Å². The van der Waals surface area contributed by atoms with E-state index in [-0.39, 0.29) is 11.7 Å². The molecule has 0 amide bonds. The van der Waals surface area contributed by atoms with Crippen molar-refractivity contribution < 1.29 is 17.9 Å². The number of fused-ring (bicyclic) bond motifs is 1. The van der Waals surface area contributed by atoms with Gasteiger partial charge < -0.3 is 9.30 Å². The number of carbonyl (C=O) groups is 1. The van der Waals surface area contributed by atoms with Gasteiger partial charge in [0.25, 0.3) is 0 Å². The summed E-state index contributed by atoms with van der Waals surface area (Å²) < 4.78 is 34.7. The smallest absolute Gasteiger partial charge is 0.339 e. The van der Waals surface area contributed by atoms with Gasteiger partial charge in [-0.2, -0.15) is 0 Å². The van der Waals surface area contributed by atoms with E-state index in [1.54, 1.807) is 13.1 Å². The third kappa shape index (κ3) is 7.17. The molecule has 0 fully saturated rings. The molecule has 0 bridgehead atoms. The fourth-order valence-electron chi connectivity index (χ4n) is 4.83. The zero-order valence-corrected chi connectivity index (χ0v) is 25.8. The number of ether oxygens (including phenoxy) is 1. The van der Waals surface area contributed by atoms with Gasteiger partial charge in [0.2, 0.25) is 10.0 Å². The number of nitrogens with zero attached hydrogens (tertiary/aromatic N) is 3. The van der Waals surface area contributed by atoms with Crippen molar-refractivity contribution in [1.29, 1.82) is 0 Å². The first-order valence-electron chi connectivity index (χ1n) is 14.3. The van der Waals surface area contributed by atoms with Gasteiger partial charge in [0.15, 0.2) is 0 Å². The van der Waals surface area contributed by atoms with Crippen LogP contribution in [-0.4, -0.2) is 42.3 Å². The van der Waals surface area contributed by atoms with Crippen molar-refractivity contribution in [2.75, 3.05) is 17.1 Å². The van der Waals surface area contributed by atoms with E-state index in [1.165, 1.54) is 4.31 Å². The van der Waals surface area contributed by atoms with Crippen molar-refractivity contribution in [2.24, 2.45) is 0 Å². The summed E-state index contributed by atoms with van der Waals surface area (Å²) in [6, 6.07) is 21.4. The second-order valence-corrected chi connectivity index (χ2v) is 13.5. The quantitative estimate of drug-likeness (QED) is 0.176. The summed E-state index contributed by atoms with van der Waals surface area (Å²) >= 11 is 0. The molecule has 3 aromatic carbocycles. The second kappa shape index (κ2) is 12.5. The molecule has 218 valence electrons. The standard InChI is InChI=1S/C33H41N3O4S/c1-7-9-14-31-34-29-20-19-26(35(6)41(38,39)21-8-2)22-30(29)36(31)23-24-15-17-25(18-16-24)27-12-10-11-13-28(27)32(37)40-33(3,4)5/h10-13,15-20,22H,7-9,14,21,23H2,1-6H3. The number of sulfonamides is 1. The third-order valence-corrected chi connectivity index (χ3v) is 8.93. The Morgan fingerprint density at radius 1 is 0.976 bits per heavy atom. The van der Waals surface area contributed by atoms with Gasteiger partial charge in [-0.05, 0) is 74.6 Å². The first-order chi connectivity index (χ1) is 19.4. The predicted octanol–water partition coefficient (Wildman–Crippen LogP) is 7.23. The Morgan fingerprint density at radius 2 is 1.68 bits per heavy atom. The van der Waals surface area contributed by atoms with Gasteiger partial charge in [0, 0.05) is 20.0 Å². The largest absolute Gasteiger partial charge is 0.456 e. The molecule has 0 saturated carbocycles. The summed E-state index contributed by atoms with van der Waals surface area (Å²) in [5.74, 6) is 0.744. The minimum absolute atomic E-state index is 0.103. The number of rotatable bonds is 11. The minimum Gasteiger partial charge on any atom is -0.456 e. The van der Waals surface area contributed by atoms with E-state index in [0.29, 0.717) is 24.2 Å². The Bertz CT molecular complexity index is 1620. The van der Waals surface area contributed by atoms with E-state index >= 15 is 0 Å². The lowest BCUT2D eigenvalue weighted by Gasteiger charge is -2.20. The van der Waals surface area contributed by atoms with Crippen molar-refractivity contribution in [3.05, 3.63) is 83.7 Å². The fraction of sp³-hybridized carbons (Fsp3) is 0.394. The summed E-state index contributed by atoms with van der Waals surface area (Å²) in [6.45, 7) is 10.2. The maximum atomic E-state index is 12.9. The molecule has 0 aliphatic rings. The lowest BCUT2D eigenvalue weighted by Crippen LogP contribution is -2.28. The topological polar surface area (TPSA) is 81.5 Å². The lowest BCUT2D eigenvalue weighted by atomic mass is 9.98. The van der Waals surface area contributed by atoms with Crippen LogP contribution in [0.4, 0.5) is 5.69 Å². The first kappa shape index (κ1) is 30.3. The van der Waals surface area contributed by atoms with Crippen molar-refractivity contribution in [3.63, 3.8) is 0 Å². The molecule has 0 unspecified atom stereocenters. The molecule has 4 rings (SSSR count). The van der Waals surface area contributed by atoms with Crippen molar-refractivity contribution in [2.45, 2.75) is 72.4 Å². The van der Waals surface area contributed by atoms with Crippen LogP contribution in [0.2, 0.25) is 0 Å². The Hall–Kier alpha value is -3.65. The zero-order valence-electron chi connectivity index (χ0n) is 25.0. The normalized spacial score (nSPS) is 12.0. The highest BCUT2D eigenvalue weighted by molar-refractivity contribution is 7.92. The fourth-order valence-corrected chi connectivity index (χ4v) is 6.06. The predicted molar refractivity (Wildman–Crippen MR) is 167 cm³/mol. The summed E-state index contributed by atoms with van der Waals surface area (Å²) in [5.41, 5.74) is 5.18. The van der Waals surface area contributed by atoms with E-state index in [4.69, 9.17) is 9.72 Å². The van der Waals surface area contributed by atoms with E-state index in [9.17, 15) is 13.2 Å². The molecule has 0 saturated heterocycles. The number of hydrogen-bond donors (Lipinski definition) is 0. The lowest BCUT2D eigenvalue weighted by molar-refractivity contribution is 0.00704. The molecular formula is C33H41N3O4S. The van der Waals surface area contributed by atoms with Crippen LogP contribution in [0, 0.1) is 0 Å². The number of anilines is 1. The molecule has 0 spiro atoms. The molecular weight excluding hydrogens is 534 g/mol. The first-order valence-corrected chi connectivity index (χ1v) is 15.9. The van der Waals surface area contributed by atoms with Crippen molar-refractivity contribution >= 4 is 32.7 Å². The summed E-state index contributed by atoms with van der Waals surface area (Å²) in [5, 5.41) is 0. The molecule has 0 N–H and O–H groups in total. The highest BCUT2D eigenvalue weighted by Gasteiger charge is 2.22. The molecule has 0 atom stereocenters. The Morgan fingerprint density at radius 3 is 2.34 bits per heavy atom. The Balaban J connectivity index is 1.68. The van der Waals surface area contributed by atoms with Gasteiger partial charge in [0.05, 0.1) is 28.0 Å². The monoisotopic (exact) mass is 575 g/mol. The van der Waals surface area contributed by atoms with Crippen LogP contribution >= 0.6 is 0 Å². The molecule has 0 radical (unpaired) electrons. The zero-order chi connectivity index (χ0) is 29.8. The Kier molecular flexibility index (Phi) is 9.22. The number of imidazole rings is 1.